The van der Waals surface area contributed by atoms with Crippen molar-refractivity contribution in [3.63, 3.8) is 0 Å². The summed E-state index contributed by atoms with van der Waals surface area (Å²) < 4.78 is 12.4. The molecular formula is C15H20N4O3. The SMILES string of the molecule is C[C@@H](COC(=O)c1ccc2nnn(C)c2c1)N1CCOCC1. The van der Waals surface area contributed by atoms with Crippen LogP contribution in [0.5, 0.6) is 0 Å². The van der Waals surface area contributed by atoms with Gasteiger partial charge < -0.3 is 9.47 Å². The second-order valence-corrected chi connectivity index (χ2v) is 5.51. The lowest BCUT2D eigenvalue weighted by atomic mass is 10.2. The lowest BCUT2D eigenvalue weighted by Crippen LogP contribution is -2.44. The number of morpholine rings is 1. The van der Waals surface area contributed by atoms with E-state index in [2.05, 4.69) is 22.1 Å². The van der Waals surface area contributed by atoms with Crippen LogP contribution < -0.4 is 0 Å². The molecule has 0 bridgehead atoms. The number of fused-ring (bicyclic) bond motifs is 1. The van der Waals surface area contributed by atoms with Crippen molar-refractivity contribution in [2.24, 2.45) is 7.05 Å². The highest BCUT2D eigenvalue weighted by molar-refractivity contribution is 5.93. The first-order valence-electron chi connectivity index (χ1n) is 7.43. The van der Waals surface area contributed by atoms with Gasteiger partial charge in [-0.15, -0.1) is 5.10 Å². The van der Waals surface area contributed by atoms with Gasteiger partial charge >= 0.3 is 5.97 Å². The van der Waals surface area contributed by atoms with Crippen LogP contribution in [0.3, 0.4) is 0 Å². The van der Waals surface area contributed by atoms with E-state index in [1.807, 2.05) is 0 Å². The average Bonchev–Trinajstić information content (AvgIpc) is 2.94. The van der Waals surface area contributed by atoms with Crippen molar-refractivity contribution >= 4 is 17.0 Å². The topological polar surface area (TPSA) is 69.5 Å². The largest absolute Gasteiger partial charge is 0.460 e. The van der Waals surface area contributed by atoms with E-state index in [0.29, 0.717) is 12.2 Å². The van der Waals surface area contributed by atoms with E-state index in [0.717, 1.165) is 37.3 Å². The summed E-state index contributed by atoms with van der Waals surface area (Å²) in [4.78, 5) is 14.5. The van der Waals surface area contributed by atoms with Gasteiger partial charge in [0.05, 0.1) is 24.3 Å². The second-order valence-electron chi connectivity index (χ2n) is 5.51. The fraction of sp³-hybridized carbons (Fsp3) is 0.533. The Kier molecular flexibility index (Phi) is 4.35. The molecule has 1 saturated heterocycles. The van der Waals surface area contributed by atoms with Crippen LogP contribution in [0.25, 0.3) is 11.0 Å². The molecule has 1 fully saturated rings. The summed E-state index contributed by atoms with van der Waals surface area (Å²) in [5, 5.41) is 7.92. The summed E-state index contributed by atoms with van der Waals surface area (Å²) in [5.74, 6) is -0.316. The van der Waals surface area contributed by atoms with Crippen molar-refractivity contribution < 1.29 is 14.3 Å². The smallest absolute Gasteiger partial charge is 0.338 e. The summed E-state index contributed by atoms with van der Waals surface area (Å²) in [6.45, 7) is 5.68. The molecule has 7 nitrogen and oxygen atoms in total. The molecule has 118 valence electrons. The van der Waals surface area contributed by atoms with Crippen molar-refractivity contribution in [1.29, 1.82) is 0 Å². The van der Waals surface area contributed by atoms with Crippen LogP contribution in [0.15, 0.2) is 18.2 Å². The molecule has 22 heavy (non-hydrogen) atoms. The Morgan fingerprint density at radius 2 is 2.18 bits per heavy atom. The number of nitrogens with zero attached hydrogens (tertiary/aromatic N) is 4. The molecular weight excluding hydrogens is 284 g/mol. The number of carbonyl (C=O) groups is 1. The van der Waals surface area contributed by atoms with Gasteiger partial charge in [-0.3, -0.25) is 4.90 Å². The van der Waals surface area contributed by atoms with E-state index in [9.17, 15) is 4.79 Å². The number of aryl methyl sites for hydroxylation is 1. The molecule has 0 N–H and O–H groups in total. The quantitative estimate of drug-likeness (QED) is 0.780. The molecule has 7 heteroatoms. The summed E-state index contributed by atoms with van der Waals surface area (Å²) >= 11 is 0. The Labute approximate surface area is 128 Å². The second kappa shape index (κ2) is 6.41. The number of hydrogen-bond donors (Lipinski definition) is 0. The number of esters is 1. The van der Waals surface area contributed by atoms with E-state index < -0.39 is 0 Å². The number of aromatic nitrogens is 3. The van der Waals surface area contributed by atoms with Gasteiger partial charge in [-0.05, 0) is 25.1 Å². The number of ether oxygens (including phenoxy) is 2. The first-order valence-corrected chi connectivity index (χ1v) is 7.43. The van der Waals surface area contributed by atoms with Crippen molar-refractivity contribution in [2.45, 2.75) is 13.0 Å². The molecule has 0 aliphatic carbocycles. The molecule has 2 heterocycles. The van der Waals surface area contributed by atoms with Gasteiger partial charge in [-0.1, -0.05) is 5.21 Å². The summed E-state index contributed by atoms with van der Waals surface area (Å²) in [6.07, 6.45) is 0. The van der Waals surface area contributed by atoms with Crippen LogP contribution >= 0.6 is 0 Å². The molecule has 1 aliphatic rings. The molecule has 1 aromatic carbocycles. The van der Waals surface area contributed by atoms with Gasteiger partial charge in [0, 0.05) is 26.2 Å². The van der Waals surface area contributed by atoms with Crippen molar-refractivity contribution in [1.82, 2.24) is 19.9 Å². The van der Waals surface area contributed by atoms with Crippen molar-refractivity contribution in [2.75, 3.05) is 32.9 Å². The molecule has 1 aromatic heterocycles. The molecule has 2 aromatic rings. The first kappa shape index (κ1) is 14.9. The van der Waals surface area contributed by atoms with E-state index in [1.54, 1.807) is 29.9 Å². The minimum Gasteiger partial charge on any atom is -0.460 e. The highest BCUT2D eigenvalue weighted by atomic mass is 16.5. The molecule has 1 aliphatic heterocycles. The Morgan fingerprint density at radius 1 is 1.41 bits per heavy atom. The van der Waals surface area contributed by atoms with E-state index in [-0.39, 0.29) is 12.0 Å². The van der Waals surface area contributed by atoms with E-state index in [1.165, 1.54) is 0 Å². The molecule has 0 saturated carbocycles. The van der Waals surface area contributed by atoms with Gasteiger partial charge in [0.1, 0.15) is 12.1 Å². The number of hydrogen-bond acceptors (Lipinski definition) is 6. The number of rotatable bonds is 4. The first-order chi connectivity index (χ1) is 10.6. The van der Waals surface area contributed by atoms with E-state index in [4.69, 9.17) is 9.47 Å². The highest BCUT2D eigenvalue weighted by Gasteiger charge is 2.19. The minimum absolute atomic E-state index is 0.190. The van der Waals surface area contributed by atoms with Crippen molar-refractivity contribution in [3.05, 3.63) is 23.8 Å². The zero-order valence-electron chi connectivity index (χ0n) is 12.9. The molecule has 0 amide bonds. The van der Waals surface area contributed by atoms with E-state index >= 15 is 0 Å². The van der Waals surface area contributed by atoms with Crippen LogP contribution in [0.4, 0.5) is 0 Å². The molecule has 1 atom stereocenters. The fourth-order valence-electron chi connectivity index (χ4n) is 2.56. The maximum absolute atomic E-state index is 12.2. The Hall–Kier alpha value is -1.99. The molecule has 3 rings (SSSR count). The summed E-state index contributed by atoms with van der Waals surface area (Å²) in [7, 11) is 1.80. The van der Waals surface area contributed by atoms with Crippen LogP contribution in [-0.4, -0.2) is 64.8 Å². The zero-order chi connectivity index (χ0) is 15.5. The third kappa shape index (κ3) is 3.10. The molecule has 0 radical (unpaired) electrons. The van der Waals surface area contributed by atoms with Crippen LogP contribution in [0, 0.1) is 0 Å². The molecule has 0 unspecified atom stereocenters. The fourth-order valence-corrected chi connectivity index (χ4v) is 2.56. The Morgan fingerprint density at radius 3 is 2.95 bits per heavy atom. The van der Waals surface area contributed by atoms with Gasteiger partial charge in [0.2, 0.25) is 0 Å². The van der Waals surface area contributed by atoms with Gasteiger partial charge in [0.15, 0.2) is 0 Å². The normalized spacial score (nSPS) is 17.5. The monoisotopic (exact) mass is 304 g/mol. The maximum atomic E-state index is 12.2. The number of carbonyl (C=O) groups excluding carboxylic acids is 1. The van der Waals surface area contributed by atoms with Crippen LogP contribution in [0.2, 0.25) is 0 Å². The lowest BCUT2D eigenvalue weighted by molar-refractivity contribution is -0.00186. The van der Waals surface area contributed by atoms with Gasteiger partial charge in [0.25, 0.3) is 0 Å². The lowest BCUT2D eigenvalue weighted by Gasteiger charge is -2.31. The predicted octanol–water partition coefficient (Wildman–Crippen LogP) is 0.846. The van der Waals surface area contributed by atoms with Crippen LogP contribution in [0.1, 0.15) is 17.3 Å². The Balaban J connectivity index is 1.61. The van der Waals surface area contributed by atoms with Crippen LogP contribution in [-0.2, 0) is 16.5 Å². The highest BCUT2D eigenvalue weighted by Crippen LogP contribution is 2.14. The summed E-state index contributed by atoms with van der Waals surface area (Å²) in [6, 6.07) is 5.45. The zero-order valence-corrected chi connectivity index (χ0v) is 12.9. The van der Waals surface area contributed by atoms with Crippen molar-refractivity contribution in [3.8, 4) is 0 Å². The predicted molar refractivity (Wildman–Crippen MR) is 80.6 cm³/mol. The van der Waals surface area contributed by atoms with Gasteiger partial charge in [-0.25, -0.2) is 9.48 Å². The van der Waals surface area contributed by atoms with Gasteiger partial charge in [-0.2, -0.15) is 0 Å². The minimum atomic E-state index is -0.316. The Bertz CT molecular complexity index is 664. The maximum Gasteiger partial charge on any atom is 0.338 e. The standard InChI is InChI=1S/C15H20N4O3/c1-11(19-5-7-21-8-6-19)10-22-15(20)12-3-4-13-14(9-12)18(2)17-16-13/h3-4,9,11H,5-8,10H2,1-2H3/t11-/m0/s1. The number of benzene rings is 1. The third-order valence-electron chi connectivity index (χ3n) is 3.97. The summed E-state index contributed by atoms with van der Waals surface area (Å²) in [5.41, 5.74) is 2.10. The third-order valence-corrected chi connectivity index (χ3v) is 3.97. The average molecular weight is 304 g/mol. The molecule has 0 spiro atoms.